The molecule has 0 bridgehead atoms. The van der Waals surface area contributed by atoms with E-state index < -0.39 is 18.0 Å². The van der Waals surface area contributed by atoms with E-state index in [1.807, 2.05) is 26.0 Å². The average molecular weight is 343 g/mol. The predicted octanol–water partition coefficient (Wildman–Crippen LogP) is 3.39. The molecule has 0 radical (unpaired) electrons. The third-order valence-corrected chi connectivity index (χ3v) is 3.37. The number of benzene rings is 1. The largest absolute Gasteiger partial charge is 0.480 e. The van der Waals surface area contributed by atoms with E-state index in [9.17, 15) is 9.59 Å². The summed E-state index contributed by atoms with van der Waals surface area (Å²) < 4.78 is 0.940. The van der Waals surface area contributed by atoms with Crippen LogP contribution in [-0.4, -0.2) is 23.1 Å². The van der Waals surface area contributed by atoms with Crippen LogP contribution in [0.25, 0.3) is 0 Å². The summed E-state index contributed by atoms with van der Waals surface area (Å²) in [5, 5.41) is 14.2. The van der Waals surface area contributed by atoms with Crippen LogP contribution in [0, 0.1) is 0 Å². The molecule has 110 valence electrons. The summed E-state index contributed by atoms with van der Waals surface area (Å²) in [4.78, 5) is 22.9. The van der Waals surface area contributed by atoms with Gasteiger partial charge in [0.2, 0.25) is 0 Å². The van der Waals surface area contributed by atoms with Crippen molar-refractivity contribution < 1.29 is 14.7 Å². The Labute approximate surface area is 126 Å². The van der Waals surface area contributed by atoms with E-state index in [0.717, 1.165) is 16.5 Å². The summed E-state index contributed by atoms with van der Waals surface area (Å²) >= 11 is 3.38. The first-order valence-corrected chi connectivity index (χ1v) is 7.36. The fourth-order valence-corrected chi connectivity index (χ4v) is 2.25. The number of nitrogens with one attached hydrogen (secondary N) is 2. The van der Waals surface area contributed by atoms with E-state index in [0.29, 0.717) is 18.5 Å². The van der Waals surface area contributed by atoms with Crippen LogP contribution >= 0.6 is 15.9 Å². The lowest BCUT2D eigenvalue weighted by molar-refractivity contribution is -0.139. The number of urea groups is 1. The standard InChI is InChI=1S/C14H19BrN2O3/c1-3-5-12(13(18)19)17-14(20)16-11-7-6-10(15)8-9(11)4-2/h6-8,12H,3-5H2,1-2H3,(H,18,19)(H2,16,17,20). The second-order valence-corrected chi connectivity index (χ2v) is 5.35. The molecule has 0 aliphatic rings. The zero-order valence-electron chi connectivity index (χ0n) is 11.6. The zero-order chi connectivity index (χ0) is 15.1. The number of carboxylic acid groups (broad SMARTS) is 1. The van der Waals surface area contributed by atoms with Gasteiger partial charge in [-0.3, -0.25) is 0 Å². The second kappa shape index (κ2) is 7.89. The van der Waals surface area contributed by atoms with Gasteiger partial charge >= 0.3 is 12.0 Å². The van der Waals surface area contributed by atoms with Crippen molar-refractivity contribution in [3.8, 4) is 0 Å². The van der Waals surface area contributed by atoms with Gasteiger partial charge in [0.05, 0.1) is 0 Å². The molecular formula is C14H19BrN2O3. The Balaban J connectivity index is 2.73. The fraction of sp³-hybridized carbons (Fsp3) is 0.429. The van der Waals surface area contributed by atoms with E-state index in [2.05, 4.69) is 26.6 Å². The third-order valence-electron chi connectivity index (χ3n) is 2.88. The van der Waals surface area contributed by atoms with Gasteiger partial charge in [0, 0.05) is 10.2 Å². The second-order valence-electron chi connectivity index (χ2n) is 4.43. The number of aliphatic carboxylic acids is 1. The number of halogens is 1. The SMILES string of the molecule is CCCC(NC(=O)Nc1ccc(Br)cc1CC)C(=O)O. The Morgan fingerprint density at radius 2 is 2.05 bits per heavy atom. The first-order valence-electron chi connectivity index (χ1n) is 6.56. The summed E-state index contributed by atoms with van der Waals surface area (Å²) in [6.45, 7) is 3.86. The van der Waals surface area contributed by atoms with Gasteiger partial charge < -0.3 is 15.7 Å². The molecule has 0 fully saturated rings. The maximum absolute atomic E-state index is 11.9. The van der Waals surface area contributed by atoms with Crippen LogP contribution in [0.1, 0.15) is 32.3 Å². The lowest BCUT2D eigenvalue weighted by atomic mass is 10.1. The quantitative estimate of drug-likeness (QED) is 0.741. The lowest BCUT2D eigenvalue weighted by Crippen LogP contribution is -2.43. The van der Waals surface area contributed by atoms with E-state index in [1.165, 1.54) is 0 Å². The highest BCUT2D eigenvalue weighted by atomic mass is 79.9. The third kappa shape index (κ3) is 4.85. The molecule has 5 nitrogen and oxygen atoms in total. The van der Waals surface area contributed by atoms with Crippen LogP contribution in [0.5, 0.6) is 0 Å². The molecule has 6 heteroatoms. The zero-order valence-corrected chi connectivity index (χ0v) is 13.2. The summed E-state index contributed by atoms with van der Waals surface area (Å²) in [7, 11) is 0. The molecular weight excluding hydrogens is 324 g/mol. The number of anilines is 1. The molecule has 1 aromatic carbocycles. The maximum atomic E-state index is 11.9. The number of amides is 2. The van der Waals surface area contributed by atoms with Gasteiger partial charge in [0.25, 0.3) is 0 Å². The number of carbonyl (C=O) groups is 2. The van der Waals surface area contributed by atoms with E-state index in [1.54, 1.807) is 6.07 Å². The van der Waals surface area contributed by atoms with Gasteiger partial charge in [-0.1, -0.05) is 36.2 Å². The Bertz CT molecular complexity index is 491. The first kappa shape index (κ1) is 16.5. The van der Waals surface area contributed by atoms with E-state index in [-0.39, 0.29) is 0 Å². The monoisotopic (exact) mass is 342 g/mol. The molecule has 0 saturated heterocycles. The van der Waals surface area contributed by atoms with Gasteiger partial charge in [0.1, 0.15) is 6.04 Å². The molecule has 1 unspecified atom stereocenters. The van der Waals surface area contributed by atoms with Crippen molar-refractivity contribution in [3.63, 3.8) is 0 Å². The maximum Gasteiger partial charge on any atom is 0.326 e. The molecule has 0 spiro atoms. The first-order chi connectivity index (χ1) is 9.47. The Morgan fingerprint density at radius 1 is 1.35 bits per heavy atom. The summed E-state index contributed by atoms with van der Waals surface area (Å²) in [5.41, 5.74) is 1.67. The van der Waals surface area contributed by atoms with Crippen LogP contribution in [0.3, 0.4) is 0 Å². The molecule has 1 rings (SSSR count). The molecule has 2 amide bonds. The van der Waals surface area contributed by atoms with Crippen molar-refractivity contribution in [2.75, 3.05) is 5.32 Å². The van der Waals surface area contributed by atoms with Gasteiger partial charge in [0.15, 0.2) is 0 Å². The van der Waals surface area contributed by atoms with Crippen molar-refractivity contribution in [1.29, 1.82) is 0 Å². The van der Waals surface area contributed by atoms with E-state index >= 15 is 0 Å². The Kier molecular flexibility index (Phi) is 6.51. The average Bonchev–Trinajstić information content (AvgIpc) is 2.40. The highest BCUT2D eigenvalue weighted by molar-refractivity contribution is 9.10. The smallest absolute Gasteiger partial charge is 0.326 e. The predicted molar refractivity (Wildman–Crippen MR) is 82.0 cm³/mol. The van der Waals surface area contributed by atoms with Crippen LogP contribution in [-0.2, 0) is 11.2 Å². The topological polar surface area (TPSA) is 78.4 Å². The fourth-order valence-electron chi connectivity index (χ4n) is 1.84. The molecule has 0 heterocycles. The molecule has 1 atom stereocenters. The van der Waals surface area contributed by atoms with Gasteiger partial charge in [-0.05, 0) is 36.6 Å². The summed E-state index contributed by atoms with van der Waals surface area (Å²) in [6.07, 6.45) is 1.87. The molecule has 0 aliphatic heterocycles. The number of hydrogen-bond acceptors (Lipinski definition) is 2. The van der Waals surface area contributed by atoms with Crippen molar-refractivity contribution in [1.82, 2.24) is 5.32 Å². The minimum atomic E-state index is -1.02. The highest BCUT2D eigenvalue weighted by Crippen LogP contribution is 2.21. The van der Waals surface area contributed by atoms with Crippen molar-refractivity contribution >= 4 is 33.6 Å². The van der Waals surface area contributed by atoms with Crippen LogP contribution < -0.4 is 10.6 Å². The minimum absolute atomic E-state index is 0.406. The van der Waals surface area contributed by atoms with Gasteiger partial charge in [-0.15, -0.1) is 0 Å². The minimum Gasteiger partial charge on any atom is -0.480 e. The summed E-state index contributed by atoms with van der Waals surface area (Å²) in [6, 6.07) is 4.19. The molecule has 0 aliphatic carbocycles. The normalized spacial score (nSPS) is 11.8. The molecule has 0 saturated carbocycles. The summed E-state index contributed by atoms with van der Waals surface area (Å²) in [5.74, 6) is -1.02. The molecule has 0 aromatic heterocycles. The number of carboxylic acids is 1. The molecule has 3 N–H and O–H groups in total. The van der Waals surface area contributed by atoms with Gasteiger partial charge in [-0.2, -0.15) is 0 Å². The number of carbonyl (C=O) groups excluding carboxylic acids is 1. The van der Waals surface area contributed by atoms with Crippen LogP contribution in [0.4, 0.5) is 10.5 Å². The Morgan fingerprint density at radius 3 is 2.60 bits per heavy atom. The molecule has 1 aromatic rings. The highest BCUT2D eigenvalue weighted by Gasteiger charge is 2.19. The number of aryl methyl sites for hydroxylation is 1. The van der Waals surface area contributed by atoms with E-state index in [4.69, 9.17) is 5.11 Å². The van der Waals surface area contributed by atoms with Crippen molar-refractivity contribution in [3.05, 3.63) is 28.2 Å². The van der Waals surface area contributed by atoms with Crippen molar-refractivity contribution in [2.45, 2.75) is 39.2 Å². The Hall–Kier alpha value is -1.56. The van der Waals surface area contributed by atoms with Crippen LogP contribution in [0.2, 0.25) is 0 Å². The van der Waals surface area contributed by atoms with Crippen LogP contribution in [0.15, 0.2) is 22.7 Å². The van der Waals surface area contributed by atoms with Crippen molar-refractivity contribution in [2.24, 2.45) is 0 Å². The molecule has 20 heavy (non-hydrogen) atoms. The number of hydrogen-bond donors (Lipinski definition) is 3. The van der Waals surface area contributed by atoms with Gasteiger partial charge in [-0.25, -0.2) is 9.59 Å². The number of rotatable bonds is 6. The lowest BCUT2D eigenvalue weighted by Gasteiger charge is -2.15.